The number of hydrogen-bond acceptors (Lipinski definition) is 4. The third kappa shape index (κ3) is 3.87. The van der Waals surface area contributed by atoms with Gasteiger partial charge in [-0.3, -0.25) is 4.98 Å². The first-order valence-electron chi connectivity index (χ1n) is 6.39. The zero-order valence-corrected chi connectivity index (χ0v) is 11.5. The molecule has 2 heterocycles. The molecule has 0 bridgehead atoms. The van der Waals surface area contributed by atoms with Crippen molar-refractivity contribution >= 4 is 0 Å². The van der Waals surface area contributed by atoms with E-state index >= 15 is 0 Å². The summed E-state index contributed by atoms with van der Waals surface area (Å²) in [5.74, 6) is 0. The Morgan fingerprint density at radius 2 is 2.21 bits per heavy atom. The molecule has 0 amide bonds. The molecule has 2 rings (SSSR count). The number of methoxy groups -OCH3 is 1. The van der Waals surface area contributed by atoms with Gasteiger partial charge in [0, 0.05) is 38.8 Å². The Morgan fingerprint density at radius 1 is 1.32 bits per heavy atom. The maximum absolute atomic E-state index is 5.01. The summed E-state index contributed by atoms with van der Waals surface area (Å²) in [6, 6.07) is 2.03. The lowest BCUT2D eigenvalue weighted by molar-refractivity contribution is 0.199. The predicted molar refractivity (Wildman–Crippen MR) is 73.9 cm³/mol. The molecule has 0 unspecified atom stereocenters. The lowest BCUT2D eigenvalue weighted by Crippen LogP contribution is -2.20. The van der Waals surface area contributed by atoms with Crippen molar-refractivity contribution in [2.24, 2.45) is 0 Å². The standard InChI is InChI=1S/C14H20N4O/c1-12-3-4-15-7-13(12)10-18-11-17-9-14(18)8-16-5-6-19-2/h3-4,7,9,11,16H,5-6,8,10H2,1-2H3. The van der Waals surface area contributed by atoms with Crippen molar-refractivity contribution in [2.75, 3.05) is 20.3 Å². The Hall–Kier alpha value is -1.72. The first kappa shape index (κ1) is 13.7. The summed E-state index contributed by atoms with van der Waals surface area (Å²) in [5, 5.41) is 3.33. The number of nitrogens with zero attached hydrogens (tertiary/aromatic N) is 3. The largest absolute Gasteiger partial charge is 0.383 e. The van der Waals surface area contributed by atoms with E-state index in [0.29, 0.717) is 0 Å². The van der Waals surface area contributed by atoms with E-state index in [1.807, 2.05) is 31.0 Å². The molecule has 102 valence electrons. The van der Waals surface area contributed by atoms with Crippen LogP contribution in [0.1, 0.15) is 16.8 Å². The number of aromatic nitrogens is 3. The molecule has 0 saturated heterocycles. The molecule has 0 aliphatic rings. The van der Waals surface area contributed by atoms with Crippen LogP contribution in [-0.2, 0) is 17.8 Å². The minimum Gasteiger partial charge on any atom is -0.383 e. The SMILES string of the molecule is COCCNCc1cncn1Cc1cnccc1C. The van der Waals surface area contributed by atoms with E-state index in [4.69, 9.17) is 4.74 Å². The average Bonchev–Trinajstić information content (AvgIpc) is 2.85. The number of ether oxygens (including phenoxy) is 1. The summed E-state index contributed by atoms with van der Waals surface area (Å²) in [4.78, 5) is 8.39. The highest BCUT2D eigenvalue weighted by Gasteiger charge is 2.04. The van der Waals surface area contributed by atoms with Crippen molar-refractivity contribution < 1.29 is 4.74 Å². The van der Waals surface area contributed by atoms with Crippen LogP contribution in [0.3, 0.4) is 0 Å². The number of pyridine rings is 1. The van der Waals surface area contributed by atoms with Gasteiger partial charge in [0.25, 0.3) is 0 Å². The summed E-state index contributed by atoms with van der Waals surface area (Å²) in [6.45, 7) is 5.26. The van der Waals surface area contributed by atoms with Gasteiger partial charge >= 0.3 is 0 Å². The monoisotopic (exact) mass is 260 g/mol. The maximum Gasteiger partial charge on any atom is 0.0951 e. The molecular formula is C14H20N4O. The van der Waals surface area contributed by atoms with Crippen molar-refractivity contribution in [1.29, 1.82) is 0 Å². The molecule has 5 heteroatoms. The molecule has 1 N–H and O–H groups in total. The van der Waals surface area contributed by atoms with Gasteiger partial charge in [-0.2, -0.15) is 0 Å². The molecule has 0 atom stereocenters. The summed E-state index contributed by atoms with van der Waals surface area (Å²) < 4.78 is 7.15. The zero-order valence-electron chi connectivity index (χ0n) is 11.5. The molecule has 0 spiro atoms. The van der Waals surface area contributed by atoms with Crippen LogP contribution in [0.25, 0.3) is 0 Å². The number of rotatable bonds is 7. The van der Waals surface area contributed by atoms with E-state index < -0.39 is 0 Å². The number of nitrogens with one attached hydrogen (secondary N) is 1. The van der Waals surface area contributed by atoms with Crippen LogP contribution in [0.15, 0.2) is 31.0 Å². The smallest absolute Gasteiger partial charge is 0.0951 e. The summed E-state index contributed by atoms with van der Waals surface area (Å²) in [5.41, 5.74) is 3.64. The Labute approximate surface area is 113 Å². The highest BCUT2D eigenvalue weighted by atomic mass is 16.5. The predicted octanol–water partition coefficient (Wildman–Crippen LogP) is 1.37. The molecular weight excluding hydrogens is 240 g/mol. The van der Waals surface area contributed by atoms with Gasteiger partial charge in [0.1, 0.15) is 0 Å². The summed E-state index contributed by atoms with van der Waals surface area (Å²) in [7, 11) is 1.71. The fourth-order valence-corrected chi connectivity index (χ4v) is 1.87. The molecule has 0 aromatic carbocycles. The normalized spacial score (nSPS) is 10.8. The Kier molecular flexibility index (Phi) is 5.06. The minimum atomic E-state index is 0.718. The van der Waals surface area contributed by atoms with Gasteiger partial charge in [-0.15, -0.1) is 0 Å². The average molecular weight is 260 g/mol. The quantitative estimate of drug-likeness (QED) is 0.764. The fraction of sp³-hybridized carbons (Fsp3) is 0.429. The highest BCUT2D eigenvalue weighted by molar-refractivity contribution is 5.22. The second-order valence-corrected chi connectivity index (χ2v) is 4.48. The van der Waals surface area contributed by atoms with Crippen LogP contribution >= 0.6 is 0 Å². The Morgan fingerprint density at radius 3 is 3.00 bits per heavy atom. The highest BCUT2D eigenvalue weighted by Crippen LogP contribution is 2.09. The van der Waals surface area contributed by atoms with Gasteiger partial charge in [0.2, 0.25) is 0 Å². The molecule has 0 aliphatic carbocycles. The van der Waals surface area contributed by atoms with Gasteiger partial charge < -0.3 is 14.6 Å². The van der Waals surface area contributed by atoms with Gasteiger partial charge in [-0.25, -0.2) is 4.98 Å². The first-order valence-corrected chi connectivity index (χ1v) is 6.39. The molecule has 0 saturated carbocycles. The van der Waals surface area contributed by atoms with Gasteiger partial charge in [0.15, 0.2) is 0 Å². The molecule has 2 aromatic rings. The van der Waals surface area contributed by atoms with Crippen molar-refractivity contribution in [3.8, 4) is 0 Å². The van der Waals surface area contributed by atoms with Gasteiger partial charge in [0.05, 0.1) is 25.2 Å². The maximum atomic E-state index is 5.01. The summed E-state index contributed by atoms with van der Waals surface area (Å²) in [6.07, 6.45) is 7.49. The van der Waals surface area contributed by atoms with Crippen molar-refractivity contribution in [3.05, 3.63) is 47.8 Å². The van der Waals surface area contributed by atoms with Crippen molar-refractivity contribution in [2.45, 2.75) is 20.0 Å². The molecule has 0 fully saturated rings. The molecule has 0 radical (unpaired) electrons. The van der Waals surface area contributed by atoms with E-state index in [2.05, 4.69) is 26.8 Å². The number of imidazole rings is 1. The Bertz CT molecular complexity index is 510. The molecule has 19 heavy (non-hydrogen) atoms. The zero-order chi connectivity index (χ0) is 13.5. The fourth-order valence-electron chi connectivity index (χ4n) is 1.87. The van der Waals surface area contributed by atoms with E-state index in [0.717, 1.165) is 26.2 Å². The van der Waals surface area contributed by atoms with Crippen LogP contribution in [0.4, 0.5) is 0 Å². The van der Waals surface area contributed by atoms with E-state index in [1.165, 1.54) is 16.8 Å². The second kappa shape index (κ2) is 7.01. The topological polar surface area (TPSA) is 52.0 Å². The van der Waals surface area contributed by atoms with Gasteiger partial charge in [-0.1, -0.05) is 0 Å². The second-order valence-electron chi connectivity index (χ2n) is 4.48. The van der Waals surface area contributed by atoms with Crippen LogP contribution in [-0.4, -0.2) is 34.8 Å². The summed E-state index contributed by atoms with van der Waals surface area (Å²) >= 11 is 0. The first-order chi connectivity index (χ1) is 9.31. The Balaban J connectivity index is 1.98. The molecule has 2 aromatic heterocycles. The lowest BCUT2D eigenvalue weighted by atomic mass is 10.1. The van der Waals surface area contributed by atoms with Crippen LogP contribution in [0.5, 0.6) is 0 Å². The molecule has 5 nitrogen and oxygen atoms in total. The minimum absolute atomic E-state index is 0.718. The van der Waals surface area contributed by atoms with Crippen LogP contribution < -0.4 is 5.32 Å². The third-order valence-electron chi connectivity index (χ3n) is 3.08. The van der Waals surface area contributed by atoms with E-state index in [1.54, 1.807) is 7.11 Å². The van der Waals surface area contributed by atoms with E-state index in [-0.39, 0.29) is 0 Å². The number of aryl methyl sites for hydroxylation is 1. The lowest BCUT2D eigenvalue weighted by Gasteiger charge is -2.10. The van der Waals surface area contributed by atoms with Crippen LogP contribution in [0.2, 0.25) is 0 Å². The molecule has 0 aliphatic heterocycles. The third-order valence-corrected chi connectivity index (χ3v) is 3.08. The number of hydrogen-bond donors (Lipinski definition) is 1. The van der Waals surface area contributed by atoms with Crippen LogP contribution in [0, 0.1) is 6.92 Å². The van der Waals surface area contributed by atoms with Crippen molar-refractivity contribution in [3.63, 3.8) is 0 Å². The van der Waals surface area contributed by atoms with Crippen molar-refractivity contribution in [1.82, 2.24) is 19.9 Å². The van der Waals surface area contributed by atoms with E-state index in [9.17, 15) is 0 Å². The van der Waals surface area contributed by atoms with Gasteiger partial charge in [-0.05, 0) is 24.1 Å².